The van der Waals surface area contributed by atoms with E-state index < -0.39 is 0 Å². The van der Waals surface area contributed by atoms with Crippen LogP contribution in [0.25, 0.3) is 0 Å². The summed E-state index contributed by atoms with van der Waals surface area (Å²) in [5.41, 5.74) is 7.58. The molecule has 12 heavy (non-hydrogen) atoms. The molecular formula is C9H11BN2. The van der Waals surface area contributed by atoms with Crippen LogP contribution in [0.2, 0.25) is 0 Å². The van der Waals surface area contributed by atoms with Gasteiger partial charge < -0.3 is 5.73 Å². The largest absolute Gasteiger partial charge is 0.320 e. The molecule has 0 spiro atoms. The Morgan fingerprint density at radius 2 is 2.17 bits per heavy atom. The van der Waals surface area contributed by atoms with Gasteiger partial charge in [-0.15, -0.1) is 0 Å². The number of nitrogens with two attached hydrogens (primary N) is 1. The summed E-state index contributed by atoms with van der Waals surface area (Å²) in [5.74, 6) is 0. The number of rotatable bonds is 1. The minimum atomic E-state index is -0.159. The summed E-state index contributed by atoms with van der Waals surface area (Å²) in [6, 6.07) is 3.78. The number of pyridine rings is 1. The highest BCUT2D eigenvalue weighted by molar-refractivity contribution is 6.32. The van der Waals surface area contributed by atoms with E-state index in [0.29, 0.717) is 5.46 Å². The molecule has 2 radical (unpaired) electrons. The third-order valence-corrected chi connectivity index (χ3v) is 2.54. The second kappa shape index (κ2) is 2.59. The van der Waals surface area contributed by atoms with Crippen LogP contribution in [0.5, 0.6) is 0 Å². The normalized spacial score (nSPS) is 20.1. The van der Waals surface area contributed by atoms with Crippen LogP contribution in [-0.4, -0.2) is 12.8 Å². The van der Waals surface area contributed by atoms with Gasteiger partial charge in [-0.3, -0.25) is 4.98 Å². The topological polar surface area (TPSA) is 38.9 Å². The van der Waals surface area contributed by atoms with Gasteiger partial charge in [-0.25, -0.2) is 0 Å². The van der Waals surface area contributed by atoms with Crippen molar-refractivity contribution in [2.75, 3.05) is 0 Å². The Bertz CT molecular complexity index is 277. The zero-order chi connectivity index (χ0) is 8.60. The zero-order valence-corrected chi connectivity index (χ0v) is 6.96. The molecule has 0 atom stereocenters. The smallest absolute Gasteiger partial charge is 0.115 e. The van der Waals surface area contributed by atoms with Crippen molar-refractivity contribution >= 4 is 13.3 Å². The molecule has 2 nitrogen and oxygen atoms in total. The lowest BCUT2D eigenvalue weighted by Gasteiger charge is -2.37. The highest BCUT2D eigenvalue weighted by Gasteiger charge is 2.35. The number of hydrogen-bond acceptors (Lipinski definition) is 2. The Morgan fingerprint density at radius 3 is 2.58 bits per heavy atom. The maximum absolute atomic E-state index is 6.07. The van der Waals surface area contributed by atoms with Crippen LogP contribution >= 0.6 is 0 Å². The van der Waals surface area contributed by atoms with E-state index in [9.17, 15) is 0 Å². The van der Waals surface area contributed by atoms with Gasteiger partial charge in [0.05, 0.1) is 11.2 Å². The Labute approximate surface area is 73.6 Å². The number of hydrogen-bond donors (Lipinski definition) is 1. The van der Waals surface area contributed by atoms with Crippen LogP contribution in [0.1, 0.15) is 25.0 Å². The monoisotopic (exact) mass is 158 g/mol. The fourth-order valence-electron chi connectivity index (χ4n) is 1.51. The third-order valence-electron chi connectivity index (χ3n) is 2.54. The molecule has 0 saturated heterocycles. The minimum Gasteiger partial charge on any atom is -0.320 e. The third kappa shape index (κ3) is 1.14. The molecule has 0 amide bonds. The molecule has 3 heteroatoms. The van der Waals surface area contributed by atoms with Gasteiger partial charge in [0.25, 0.3) is 0 Å². The van der Waals surface area contributed by atoms with Gasteiger partial charge in [0, 0.05) is 6.20 Å². The molecule has 2 rings (SSSR count). The average molecular weight is 158 g/mol. The van der Waals surface area contributed by atoms with Crippen molar-refractivity contribution in [1.29, 1.82) is 0 Å². The van der Waals surface area contributed by atoms with Gasteiger partial charge in [0.1, 0.15) is 7.85 Å². The highest BCUT2D eigenvalue weighted by atomic mass is 14.9. The van der Waals surface area contributed by atoms with E-state index in [-0.39, 0.29) is 5.54 Å². The van der Waals surface area contributed by atoms with E-state index in [0.717, 1.165) is 18.5 Å². The fraction of sp³-hybridized carbons (Fsp3) is 0.444. The first-order valence-electron chi connectivity index (χ1n) is 4.22. The quantitative estimate of drug-likeness (QED) is 0.593. The Balaban J connectivity index is 2.28. The van der Waals surface area contributed by atoms with Crippen molar-refractivity contribution in [2.24, 2.45) is 5.73 Å². The lowest BCUT2D eigenvalue weighted by Crippen LogP contribution is -2.44. The molecule has 1 aliphatic rings. The molecular weight excluding hydrogens is 147 g/mol. The molecule has 0 bridgehead atoms. The molecule has 2 N–H and O–H groups in total. The molecule has 60 valence electrons. The summed E-state index contributed by atoms with van der Waals surface area (Å²) in [4.78, 5) is 4.22. The lowest BCUT2D eigenvalue weighted by atomic mass is 9.75. The van der Waals surface area contributed by atoms with Crippen LogP contribution in [0, 0.1) is 0 Å². The molecule has 0 aliphatic heterocycles. The summed E-state index contributed by atoms with van der Waals surface area (Å²) in [6.45, 7) is 0. The first-order valence-corrected chi connectivity index (χ1v) is 4.22. The molecule has 1 fully saturated rings. The van der Waals surface area contributed by atoms with E-state index in [1.807, 2.05) is 12.1 Å². The van der Waals surface area contributed by atoms with Gasteiger partial charge in [-0.2, -0.15) is 0 Å². The fourth-order valence-corrected chi connectivity index (χ4v) is 1.51. The van der Waals surface area contributed by atoms with Gasteiger partial charge in [0.15, 0.2) is 0 Å². The van der Waals surface area contributed by atoms with Crippen molar-refractivity contribution < 1.29 is 0 Å². The van der Waals surface area contributed by atoms with Gasteiger partial charge >= 0.3 is 0 Å². The van der Waals surface area contributed by atoms with Crippen molar-refractivity contribution in [2.45, 2.75) is 24.8 Å². The Morgan fingerprint density at radius 1 is 1.42 bits per heavy atom. The summed E-state index contributed by atoms with van der Waals surface area (Å²) in [5, 5.41) is 0. The zero-order valence-electron chi connectivity index (χ0n) is 6.96. The molecule has 1 aromatic rings. The first kappa shape index (κ1) is 7.81. The van der Waals surface area contributed by atoms with Crippen LogP contribution < -0.4 is 11.2 Å². The molecule has 0 unspecified atom stereocenters. The van der Waals surface area contributed by atoms with Crippen LogP contribution in [0.15, 0.2) is 18.3 Å². The summed E-state index contributed by atoms with van der Waals surface area (Å²) < 4.78 is 0. The van der Waals surface area contributed by atoms with Crippen molar-refractivity contribution in [3.63, 3.8) is 0 Å². The summed E-state index contributed by atoms with van der Waals surface area (Å²) in [6.07, 6.45) is 4.97. The van der Waals surface area contributed by atoms with Crippen molar-refractivity contribution in [3.8, 4) is 0 Å². The second-order valence-electron chi connectivity index (χ2n) is 3.49. The predicted molar refractivity (Wildman–Crippen MR) is 49.3 cm³/mol. The number of nitrogens with zero attached hydrogens (tertiary/aromatic N) is 1. The molecule has 0 aromatic carbocycles. The minimum absolute atomic E-state index is 0.159. The van der Waals surface area contributed by atoms with Gasteiger partial charge in [-0.05, 0) is 25.3 Å². The average Bonchev–Trinajstić information content (AvgIpc) is 2.02. The lowest BCUT2D eigenvalue weighted by molar-refractivity contribution is 0.246. The SMILES string of the molecule is [B]c1ccc(C2(N)CCC2)nc1. The maximum atomic E-state index is 6.07. The van der Waals surface area contributed by atoms with Crippen molar-refractivity contribution in [3.05, 3.63) is 24.0 Å². The molecule has 1 aromatic heterocycles. The first-order chi connectivity index (χ1) is 5.71. The molecule has 1 saturated carbocycles. The van der Waals surface area contributed by atoms with Crippen LogP contribution in [0.4, 0.5) is 0 Å². The van der Waals surface area contributed by atoms with E-state index in [2.05, 4.69) is 4.98 Å². The van der Waals surface area contributed by atoms with E-state index >= 15 is 0 Å². The standard InChI is InChI=1S/C9H11BN2/c10-7-2-3-8(12-6-7)9(11)4-1-5-9/h2-3,6H,1,4-5,11H2. The number of aromatic nitrogens is 1. The van der Waals surface area contributed by atoms with E-state index in [4.69, 9.17) is 13.6 Å². The summed E-state index contributed by atoms with van der Waals surface area (Å²) >= 11 is 0. The van der Waals surface area contributed by atoms with Crippen molar-refractivity contribution in [1.82, 2.24) is 4.98 Å². The van der Waals surface area contributed by atoms with Gasteiger partial charge in [0.2, 0.25) is 0 Å². The Kier molecular flexibility index (Phi) is 1.69. The predicted octanol–water partition coefficient (Wildman–Crippen LogP) is 0.213. The molecule has 1 heterocycles. The Hall–Kier alpha value is -0.825. The van der Waals surface area contributed by atoms with E-state index in [1.165, 1.54) is 6.42 Å². The maximum Gasteiger partial charge on any atom is 0.115 e. The van der Waals surface area contributed by atoms with E-state index in [1.54, 1.807) is 6.20 Å². The van der Waals surface area contributed by atoms with Gasteiger partial charge in [-0.1, -0.05) is 11.5 Å². The van der Waals surface area contributed by atoms with Crippen LogP contribution in [0.3, 0.4) is 0 Å². The highest BCUT2D eigenvalue weighted by Crippen LogP contribution is 2.36. The molecule has 1 aliphatic carbocycles. The van der Waals surface area contributed by atoms with Crippen LogP contribution in [-0.2, 0) is 5.54 Å². The summed E-state index contributed by atoms with van der Waals surface area (Å²) in [7, 11) is 5.53. The second-order valence-corrected chi connectivity index (χ2v) is 3.49.